The number of halogens is 1. The van der Waals surface area contributed by atoms with Crippen LogP contribution in [0.2, 0.25) is 5.02 Å². The van der Waals surface area contributed by atoms with E-state index >= 15 is 0 Å². The van der Waals surface area contributed by atoms with Gasteiger partial charge >= 0.3 is 0 Å². The van der Waals surface area contributed by atoms with Crippen LogP contribution in [0.25, 0.3) is 0 Å². The van der Waals surface area contributed by atoms with E-state index in [1.165, 1.54) is 0 Å². The summed E-state index contributed by atoms with van der Waals surface area (Å²) in [6.45, 7) is 0.604. The molecule has 0 saturated carbocycles. The fourth-order valence-corrected chi connectivity index (χ4v) is 2.24. The molecule has 0 saturated heterocycles. The zero-order valence-electron chi connectivity index (χ0n) is 12.3. The first-order chi connectivity index (χ1) is 10.2. The SMILES string of the molecule is CNCc1c(Cl)cccc1Oc1c(OC)cccc1OC. The molecule has 0 heterocycles. The zero-order valence-corrected chi connectivity index (χ0v) is 13.0. The van der Waals surface area contributed by atoms with Crippen molar-refractivity contribution in [3.05, 3.63) is 47.0 Å². The molecule has 0 amide bonds. The predicted molar refractivity (Wildman–Crippen MR) is 83.8 cm³/mol. The van der Waals surface area contributed by atoms with E-state index in [-0.39, 0.29) is 0 Å². The summed E-state index contributed by atoms with van der Waals surface area (Å²) in [5.74, 6) is 2.40. The highest BCUT2D eigenvalue weighted by atomic mass is 35.5. The summed E-state index contributed by atoms with van der Waals surface area (Å²) in [6, 6.07) is 11.0. The molecule has 0 spiro atoms. The first-order valence-corrected chi connectivity index (χ1v) is 6.90. The van der Waals surface area contributed by atoms with Gasteiger partial charge in [-0.1, -0.05) is 23.7 Å². The van der Waals surface area contributed by atoms with E-state index in [0.29, 0.717) is 34.6 Å². The first-order valence-electron chi connectivity index (χ1n) is 6.52. The number of methoxy groups -OCH3 is 2. The van der Waals surface area contributed by atoms with Crippen molar-refractivity contribution in [2.75, 3.05) is 21.3 Å². The van der Waals surface area contributed by atoms with Gasteiger partial charge in [-0.15, -0.1) is 0 Å². The summed E-state index contributed by atoms with van der Waals surface area (Å²) in [5.41, 5.74) is 0.884. The molecule has 0 atom stereocenters. The van der Waals surface area contributed by atoms with Gasteiger partial charge in [0.05, 0.1) is 14.2 Å². The van der Waals surface area contributed by atoms with Crippen LogP contribution in [-0.4, -0.2) is 21.3 Å². The molecule has 2 aromatic carbocycles. The van der Waals surface area contributed by atoms with Crippen LogP contribution in [0.5, 0.6) is 23.0 Å². The first kappa shape index (κ1) is 15.5. The van der Waals surface area contributed by atoms with Gasteiger partial charge in [0.1, 0.15) is 5.75 Å². The lowest BCUT2D eigenvalue weighted by atomic mass is 10.2. The molecule has 21 heavy (non-hydrogen) atoms. The van der Waals surface area contributed by atoms with Crippen LogP contribution in [0.15, 0.2) is 36.4 Å². The number of para-hydroxylation sites is 1. The quantitative estimate of drug-likeness (QED) is 0.879. The van der Waals surface area contributed by atoms with Gasteiger partial charge in [-0.25, -0.2) is 0 Å². The molecule has 0 aliphatic carbocycles. The molecule has 112 valence electrons. The normalized spacial score (nSPS) is 10.3. The van der Waals surface area contributed by atoms with E-state index in [4.69, 9.17) is 25.8 Å². The summed E-state index contributed by atoms with van der Waals surface area (Å²) < 4.78 is 16.7. The maximum absolute atomic E-state index is 6.24. The Morgan fingerprint density at radius 2 is 1.52 bits per heavy atom. The van der Waals surface area contributed by atoms with E-state index in [0.717, 1.165) is 5.56 Å². The molecule has 1 N–H and O–H groups in total. The highest BCUT2D eigenvalue weighted by molar-refractivity contribution is 6.31. The van der Waals surface area contributed by atoms with Gasteiger partial charge in [0.25, 0.3) is 0 Å². The number of hydrogen-bond donors (Lipinski definition) is 1. The summed E-state index contributed by atoms with van der Waals surface area (Å²) in [4.78, 5) is 0. The van der Waals surface area contributed by atoms with Crippen LogP contribution < -0.4 is 19.5 Å². The Hall–Kier alpha value is -1.91. The van der Waals surface area contributed by atoms with Crippen molar-refractivity contribution in [3.63, 3.8) is 0 Å². The lowest BCUT2D eigenvalue weighted by Crippen LogP contribution is -2.07. The predicted octanol–water partition coefficient (Wildman–Crippen LogP) is 3.87. The highest BCUT2D eigenvalue weighted by Gasteiger charge is 2.15. The van der Waals surface area contributed by atoms with Gasteiger partial charge in [0.2, 0.25) is 5.75 Å². The smallest absolute Gasteiger partial charge is 0.211 e. The molecule has 2 rings (SSSR count). The third-order valence-corrected chi connectivity index (χ3v) is 3.38. The standard InChI is InChI=1S/C16H18ClNO3/c1-18-10-11-12(17)6-4-7-13(11)21-16-14(19-2)8-5-9-15(16)20-3/h4-9,18H,10H2,1-3H3. The average molecular weight is 308 g/mol. The van der Waals surface area contributed by atoms with Gasteiger partial charge < -0.3 is 19.5 Å². The molecule has 0 radical (unpaired) electrons. The number of rotatable bonds is 6. The monoisotopic (exact) mass is 307 g/mol. The van der Waals surface area contributed by atoms with Crippen LogP contribution in [0.1, 0.15) is 5.56 Å². The minimum absolute atomic E-state index is 0.530. The van der Waals surface area contributed by atoms with Gasteiger partial charge in [-0.2, -0.15) is 0 Å². The third-order valence-electron chi connectivity index (χ3n) is 3.02. The summed E-state index contributed by atoms with van der Waals surface area (Å²) in [7, 11) is 5.04. The Kier molecular flexibility index (Phi) is 5.31. The lowest BCUT2D eigenvalue weighted by molar-refractivity contribution is 0.345. The van der Waals surface area contributed by atoms with Crippen molar-refractivity contribution in [2.45, 2.75) is 6.54 Å². The maximum atomic E-state index is 6.24. The fraction of sp³-hybridized carbons (Fsp3) is 0.250. The van der Waals surface area contributed by atoms with E-state index in [1.54, 1.807) is 14.2 Å². The van der Waals surface area contributed by atoms with Crippen molar-refractivity contribution in [3.8, 4) is 23.0 Å². The average Bonchev–Trinajstić information content (AvgIpc) is 2.51. The van der Waals surface area contributed by atoms with Crippen molar-refractivity contribution in [2.24, 2.45) is 0 Å². The molecular weight excluding hydrogens is 290 g/mol. The highest BCUT2D eigenvalue weighted by Crippen LogP contribution is 2.41. The molecule has 0 aliphatic rings. The summed E-state index contributed by atoms with van der Waals surface area (Å²) in [6.07, 6.45) is 0. The van der Waals surface area contributed by atoms with E-state index in [2.05, 4.69) is 5.32 Å². The van der Waals surface area contributed by atoms with E-state index < -0.39 is 0 Å². The second kappa shape index (κ2) is 7.20. The topological polar surface area (TPSA) is 39.7 Å². The third kappa shape index (κ3) is 3.40. The lowest BCUT2D eigenvalue weighted by Gasteiger charge is -2.16. The van der Waals surface area contributed by atoms with Crippen LogP contribution in [0.3, 0.4) is 0 Å². The Labute approximate surface area is 129 Å². The molecule has 2 aromatic rings. The fourth-order valence-electron chi connectivity index (χ4n) is 2.01. The molecule has 0 fully saturated rings. The number of nitrogens with one attached hydrogen (secondary N) is 1. The van der Waals surface area contributed by atoms with E-state index in [1.807, 2.05) is 43.4 Å². The minimum atomic E-state index is 0.530. The van der Waals surface area contributed by atoms with E-state index in [9.17, 15) is 0 Å². The Bertz CT molecular complexity index is 594. The molecule has 0 aromatic heterocycles. The second-order valence-electron chi connectivity index (χ2n) is 4.34. The number of hydrogen-bond acceptors (Lipinski definition) is 4. The van der Waals surface area contributed by atoms with Crippen LogP contribution >= 0.6 is 11.6 Å². The van der Waals surface area contributed by atoms with Crippen LogP contribution in [0, 0.1) is 0 Å². The number of ether oxygens (including phenoxy) is 3. The van der Waals surface area contributed by atoms with Crippen LogP contribution in [-0.2, 0) is 6.54 Å². The van der Waals surface area contributed by atoms with Crippen molar-refractivity contribution >= 4 is 11.6 Å². The molecule has 5 heteroatoms. The Balaban J connectivity index is 2.45. The number of benzene rings is 2. The summed E-state index contributed by atoms with van der Waals surface area (Å²) in [5, 5.41) is 3.73. The Morgan fingerprint density at radius 3 is 2.10 bits per heavy atom. The van der Waals surface area contributed by atoms with Gasteiger partial charge in [0.15, 0.2) is 11.5 Å². The zero-order chi connectivity index (χ0) is 15.2. The molecule has 0 aliphatic heterocycles. The van der Waals surface area contributed by atoms with Crippen molar-refractivity contribution in [1.82, 2.24) is 5.32 Å². The maximum Gasteiger partial charge on any atom is 0.211 e. The molecule has 0 bridgehead atoms. The van der Waals surface area contributed by atoms with Crippen LogP contribution in [0.4, 0.5) is 0 Å². The molecule has 4 nitrogen and oxygen atoms in total. The minimum Gasteiger partial charge on any atom is -0.493 e. The van der Waals surface area contributed by atoms with Gasteiger partial charge in [-0.3, -0.25) is 0 Å². The largest absolute Gasteiger partial charge is 0.493 e. The molecule has 0 unspecified atom stereocenters. The van der Waals surface area contributed by atoms with Crippen molar-refractivity contribution in [1.29, 1.82) is 0 Å². The molecular formula is C16H18ClNO3. The Morgan fingerprint density at radius 1 is 0.952 bits per heavy atom. The van der Waals surface area contributed by atoms with Crippen molar-refractivity contribution < 1.29 is 14.2 Å². The summed E-state index contributed by atoms with van der Waals surface area (Å²) >= 11 is 6.24. The van der Waals surface area contributed by atoms with Gasteiger partial charge in [0, 0.05) is 17.1 Å². The van der Waals surface area contributed by atoms with Gasteiger partial charge in [-0.05, 0) is 31.3 Å². The second-order valence-corrected chi connectivity index (χ2v) is 4.75.